The first-order chi connectivity index (χ1) is 12.6. The zero-order chi connectivity index (χ0) is 18.4. The van der Waals surface area contributed by atoms with Gasteiger partial charge in [-0.3, -0.25) is 14.4 Å². The molecule has 140 valence electrons. The van der Waals surface area contributed by atoms with Crippen molar-refractivity contribution in [3.8, 4) is 0 Å². The molecule has 1 fully saturated rings. The summed E-state index contributed by atoms with van der Waals surface area (Å²) in [4.78, 5) is 14.8. The monoisotopic (exact) mass is 356 g/mol. The zero-order valence-electron chi connectivity index (χ0n) is 15.6. The van der Waals surface area contributed by atoms with Crippen molar-refractivity contribution in [1.29, 1.82) is 0 Å². The second kappa shape index (κ2) is 8.96. The van der Waals surface area contributed by atoms with Crippen molar-refractivity contribution in [2.75, 3.05) is 32.8 Å². The maximum atomic E-state index is 12.4. The van der Waals surface area contributed by atoms with Crippen molar-refractivity contribution in [3.05, 3.63) is 53.9 Å². The SMILES string of the molecule is CC(C)CN1CCOC(CNC(=O)c2ccc(Cn3cccn3)cc2)C1. The average molecular weight is 356 g/mol. The Bertz CT molecular complexity index is 682. The van der Waals surface area contributed by atoms with Gasteiger partial charge in [-0.15, -0.1) is 0 Å². The number of rotatable bonds is 7. The minimum absolute atomic E-state index is 0.0553. The third kappa shape index (κ3) is 5.41. The Morgan fingerprint density at radius 1 is 1.35 bits per heavy atom. The van der Waals surface area contributed by atoms with Crippen LogP contribution in [0, 0.1) is 5.92 Å². The number of nitrogens with one attached hydrogen (secondary N) is 1. The van der Waals surface area contributed by atoms with E-state index >= 15 is 0 Å². The van der Waals surface area contributed by atoms with Gasteiger partial charge in [-0.25, -0.2) is 0 Å². The molecule has 1 unspecified atom stereocenters. The summed E-state index contributed by atoms with van der Waals surface area (Å²) in [5, 5.41) is 7.19. The predicted molar refractivity (Wildman–Crippen MR) is 101 cm³/mol. The summed E-state index contributed by atoms with van der Waals surface area (Å²) in [5.74, 6) is 0.587. The summed E-state index contributed by atoms with van der Waals surface area (Å²) in [6.07, 6.45) is 3.75. The van der Waals surface area contributed by atoms with Crippen LogP contribution >= 0.6 is 0 Å². The number of hydrogen-bond acceptors (Lipinski definition) is 4. The number of amides is 1. The lowest BCUT2D eigenvalue weighted by Crippen LogP contribution is -2.48. The van der Waals surface area contributed by atoms with E-state index in [0.29, 0.717) is 24.6 Å². The van der Waals surface area contributed by atoms with E-state index in [4.69, 9.17) is 4.74 Å². The molecule has 1 aromatic heterocycles. The molecule has 1 saturated heterocycles. The first kappa shape index (κ1) is 18.6. The third-order valence-electron chi connectivity index (χ3n) is 4.46. The van der Waals surface area contributed by atoms with Crippen LogP contribution in [0.4, 0.5) is 0 Å². The number of nitrogens with zero attached hydrogens (tertiary/aromatic N) is 3. The highest BCUT2D eigenvalue weighted by atomic mass is 16.5. The van der Waals surface area contributed by atoms with Crippen molar-refractivity contribution in [3.63, 3.8) is 0 Å². The Morgan fingerprint density at radius 3 is 2.85 bits per heavy atom. The van der Waals surface area contributed by atoms with Crippen LogP contribution in [0.3, 0.4) is 0 Å². The largest absolute Gasteiger partial charge is 0.374 e. The molecule has 0 aliphatic carbocycles. The predicted octanol–water partition coefficient (Wildman–Crippen LogP) is 2.02. The topological polar surface area (TPSA) is 59.4 Å². The summed E-state index contributed by atoms with van der Waals surface area (Å²) in [6.45, 7) is 9.35. The molecular formula is C20H28N4O2. The molecule has 0 saturated carbocycles. The van der Waals surface area contributed by atoms with E-state index in [1.807, 2.05) is 41.2 Å². The lowest BCUT2D eigenvalue weighted by molar-refractivity contribution is -0.0295. The molecule has 3 rings (SSSR count). The molecule has 26 heavy (non-hydrogen) atoms. The number of aromatic nitrogens is 2. The van der Waals surface area contributed by atoms with Crippen LogP contribution in [0.5, 0.6) is 0 Å². The molecular weight excluding hydrogens is 328 g/mol. The minimum Gasteiger partial charge on any atom is -0.374 e. The standard InChI is InChI=1S/C20H28N4O2/c1-16(2)13-23-10-11-26-19(15-23)12-21-20(25)18-6-4-17(5-7-18)14-24-9-3-8-22-24/h3-9,16,19H,10-15H2,1-2H3,(H,21,25). The third-order valence-corrected chi connectivity index (χ3v) is 4.46. The van der Waals surface area contributed by atoms with Crippen LogP contribution in [0.15, 0.2) is 42.7 Å². The lowest BCUT2D eigenvalue weighted by atomic mass is 10.1. The van der Waals surface area contributed by atoms with Gasteiger partial charge < -0.3 is 10.1 Å². The molecule has 2 heterocycles. The van der Waals surface area contributed by atoms with Gasteiger partial charge in [0.1, 0.15) is 0 Å². The molecule has 6 nitrogen and oxygen atoms in total. The molecule has 1 atom stereocenters. The van der Waals surface area contributed by atoms with E-state index in [9.17, 15) is 4.79 Å². The number of morpholine rings is 1. The van der Waals surface area contributed by atoms with Gasteiger partial charge in [0.15, 0.2) is 0 Å². The van der Waals surface area contributed by atoms with E-state index < -0.39 is 0 Å². The summed E-state index contributed by atoms with van der Waals surface area (Å²) in [6, 6.07) is 9.56. The Kier molecular flexibility index (Phi) is 6.41. The first-order valence-electron chi connectivity index (χ1n) is 9.28. The van der Waals surface area contributed by atoms with Crippen LogP contribution in [-0.2, 0) is 11.3 Å². The van der Waals surface area contributed by atoms with Crippen LogP contribution in [0.1, 0.15) is 29.8 Å². The van der Waals surface area contributed by atoms with Gasteiger partial charge in [-0.2, -0.15) is 5.10 Å². The highest BCUT2D eigenvalue weighted by Gasteiger charge is 2.21. The molecule has 6 heteroatoms. The Hall–Kier alpha value is -2.18. The summed E-state index contributed by atoms with van der Waals surface area (Å²) in [5.41, 5.74) is 1.79. The van der Waals surface area contributed by atoms with Gasteiger partial charge >= 0.3 is 0 Å². The van der Waals surface area contributed by atoms with E-state index in [-0.39, 0.29) is 12.0 Å². The van der Waals surface area contributed by atoms with Gasteiger partial charge in [0, 0.05) is 44.1 Å². The molecule has 2 aromatic rings. The Balaban J connectivity index is 1.47. The van der Waals surface area contributed by atoms with Crippen molar-refractivity contribution in [1.82, 2.24) is 20.0 Å². The van der Waals surface area contributed by atoms with Crippen molar-refractivity contribution in [2.45, 2.75) is 26.5 Å². The number of carbonyl (C=O) groups excluding carboxylic acids is 1. The van der Waals surface area contributed by atoms with Crippen molar-refractivity contribution in [2.24, 2.45) is 5.92 Å². The number of carbonyl (C=O) groups is 1. The minimum atomic E-state index is -0.0553. The van der Waals surface area contributed by atoms with Crippen LogP contribution < -0.4 is 5.32 Å². The highest BCUT2D eigenvalue weighted by Crippen LogP contribution is 2.09. The molecule has 1 aliphatic rings. The van der Waals surface area contributed by atoms with Gasteiger partial charge in [0.2, 0.25) is 0 Å². The van der Waals surface area contributed by atoms with Crippen LogP contribution in [0.25, 0.3) is 0 Å². The number of benzene rings is 1. The molecule has 1 aromatic carbocycles. The normalized spacial score (nSPS) is 18.2. The van der Waals surface area contributed by atoms with E-state index in [1.54, 1.807) is 6.20 Å². The number of hydrogen-bond donors (Lipinski definition) is 1. The molecule has 0 spiro atoms. The number of ether oxygens (including phenoxy) is 1. The maximum absolute atomic E-state index is 12.4. The summed E-state index contributed by atoms with van der Waals surface area (Å²) < 4.78 is 7.65. The Labute approximate surface area is 155 Å². The molecule has 0 radical (unpaired) electrons. The van der Waals surface area contributed by atoms with Gasteiger partial charge in [0.05, 0.1) is 19.3 Å². The first-order valence-corrected chi connectivity index (χ1v) is 9.28. The van der Waals surface area contributed by atoms with Gasteiger partial charge in [-0.05, 0) is 29.7 Å². The van der Waals surface area contributed by atoms with E-state index in [1.165, 1.54) is 0 Å². The summed E-state index contributed by atoms with van der Waals surface area (Å²) >= 11 is 0. The second-order valence-electron chi connectivity index (χ2n) is 7.26. The van der Waals surface area contributed by atoms with Gasteiger partial charge in [0.25, 0.3) is 5.91 Å². The van der Waals surface area contributed by atoms with E-state index in [2.05, 4.69) is 29.2 Å². The average Bonchev–Trinajstić information content (AvgIpc) is 3.13. The molecule has 1 N–H and O–H groups in total. The maximum Gasteiger partial charge on any atom is 0.251 e. The summed E-state index contributed by atoms with van der Waals surface area (Å²) in [7, 11) is 0. The lowest BCUT2D eigenvalue weighted by Gasteiger charge is -2.33. The smallest absolute Gasteiger partial charge is 0.251 e. The fourth-order valence-corrected chi connectivity index (χ4v) is 3.24. The van der Waals surface area contributed by atoms with E-state index in [0.717, 1.165) is 31.8 Å². The molecule has 1 amide bonds. The second-order valence-corrected chi connectivity index (χ2v) is 7.26. The highest BCUT2D eigenvalue weighted by molar-refractivity contribution is 5.94. The van der Waals surface area contributed by atoms with Crippen LogP contribution in [-0.4, -0.2) is 59.5 Å². The molecule has 1 aliphatic heterocycles. The quantitative estimate of drug-likeness (QED) is 0.825. The van der Waals surface area contributed by atoms with Crippen LogP contribution in [0.2, 0.25) is 0 Å². The molecule has 0 bridgehead atoms. The fourth-order valence-electron chi connectivity index (χ4n) is 3.24. The Morgan fingerprint density at radius 2 is 2.15 bits per heavy atom. The van der Waals surface area contributed by atoms with Crippen molar-refractivity contribution < 1.29 is 9.53 Å². The zero-order valence-corrected chi connectivity index (χ0v) is 15.6. The van der Waals surface area contributed by atoms with Crippen molar-refractivity contribution >= 4 is 5.91 Å². The fraction of sp³-hybridized carbons (Fsp3) is 0.500. The van der Waals surface area contributed by atoms with Gasteiger partial charge in [-0.1, -0.05) is 26.0 Å².